The van der Waals surface area contributed by atoms with Crippen LogP contribution < -0.4 is 15.4 Å². The Morgan fingerprint density at radius 3 is 2.61 bits per heavy atom. The van der Waals surface area contributed by atoms with E-state index in [4.69, 9.17) is 16.3 Å². The number of anilines is 1. The topological polar surface area (TPSA) is 50.4 Å². The molecule has 0 unspecified atom stereocenters. The van der Waals surface area contributed by atoms with Gasteiger partial charge >= 0.3 is 0 Å². The Labute approximate surface area is 141 Å². The second-order valence-electron chi connectivity index (χ2n) is 5.24. The molecule has 0 aromatic heterocycles. The van der Waals surface area contributed by atoms with Crippen molar-refractivity contribution in [3.63, 3.8) is 0 Å². The summed E-state index contributed by atoms with van der Waals surface area (Å²) in [5.41, 5.74) is 2.79. The zero-order chi connectivity index (χ0) is 16.7. The van der Waals surface area contributed by atoms with E-state index in [1.165, 1.54) is 0 Å². The molecule has 122 valence electrons. The minimum atomic E-state index is -0.0300. The van der Waals surface area contributed by atoms with Crippen molar-refractivity contribution in [2.45, 2.75) is 19.9 Å². The number of carbonyl (C=O) groups excluding carboxylic acids is 1. The highest BCUT2D eigenvalue weighted by Crippen LogP contribution is 2.22. The molecular formula is C18H21ClN2O2. The van der Waals surface area contributed by atoms with Gasteiger partial charge in [-0.3, -0.25) is 4.79 Å². The fourth-order valence-electron chi connectivity index (χ4n) is 2.13. The van der Waals surface area contributed by atoms with Crippen molar-refractivity contribution in [3.8, 4) is 5.75 Å². The number of halogens is 1. The van der Waals surface area contributed by atoms with Gasteiger partial charge in [0.1, 0.15) is 5.75 Å². The van der Waals surface area contributed by atoms with Gasteiger partial charge in [-0.05, 0) is 42.3 Å². The molecule has 0 radical (unpaired) electrons. The van der Waals surface area contributed by atoms with Crippen LogP contribution in [0.3, 0.4) is 0 Å². The summed E-state index contributed by atoms with van der Waals surface area (Å²) < 4.78 is 5.12. The maximum Gasteiger partial charge on any atom is 0.225 e. The van der Waals surface area contributed by atoms with Gasteiger partial charge in [0.25, 0.3) is 0 Å². The molecule has 0 fully saturated rings. The number of benzene rings is 2. The Hall–Kier alpha value is -2.04. The second-order valence-corrected chi connectivity index (χ2v) is 5.64. The highest BCUT2D eigenvalue weighted by atomic mass is 35.5. The minimum absolute atomic E-state index is 0.0300. The van der Waals surface area contributed by atoms with Crippen molar-refractivity contribution in [2.75, 3.05) is 19.0 Å². The van der Waals surface area contributed by atoms with Crippen LogP contribution in [-0.4, -0.2) is 19.6 Å². The summed E-state index contributed by atoms with van der Waals surface area (Å²) in [6.07, 6.45) is 0.405. The molecule has 0 aliphatic heterocycles. The van der Waals surface area contributed by atoms with E-state index in [2.05, 4.69) is 10.6 Å². The van der Waals surface area contributed by atoms with Gasteiger partial charge < -0.3 is 15.4 Å². The van der Waals surface area contributed by atoms with E-state index in [1.54, 1.807) is 7.11 Å². The number of amides is 1. The zero-order valence-electron chi connectivity index (χ0n) is 13.4. The van der Waals surface area contributed by atoms with E-state index in [9.17, 15) is 4.79 Å². The normalized spacial score (nSPS) is 10.4. The van der Waals surface area contributed by atoms with Crippen LogP contribution in [-0.2, 0) is 11.3 Å². The largest absolute Gasteiger partial charge is 0.497 e. The van der Waals surface area contributed by atoms with Gasteiger partial charge in [0.2, 0.25) is 5.91 Å². The predicted octanol–water partition coefficient (Wildman–Crippen LogP) is 3.78. The van der Waals surface area contributed by atoms with E-state index in [-0.39, 0.29) is 5.91 Å². The maximum absolute atomic E-state index is 12.0. The molecule has 0 heterocycles. The minimum Gasteiger partial charge on any atom is -0.497 e. The Bertz CT molecular complexity index is 657. The SMILES string of the molecule is COc1ccc(CNCCC(=O)Nc2cccc(Cl)c2C)cc1. The summed E-state index contributed by atoms with van der Waals surface area (Å²) in [4.78, 5) is 12.0. The fourth-order valence-corrected chi connectivity index (χ4v) is 2.31. The second kappa shape index (κ2) is 8.56. The quantitative estimate of drug-likeness (QED) is 0.759. The summed E-state index contributed by atoms with van der Waals surface area (Å²) in [6.45, 7) is 3.21. The first-order chi connectivity index (χ1) is 11.1. The Balaban J connectivity index is 1.73. The Morgan fingerprint density at radius 2 is 1.91 bits per heavy atom. The first kappa shape index (κ1) is 17.3. The third-order valence-corrected chi connectivity index (χ3v) is 3.97. The molecular weight excluding hydrogens is 312 g/mol. The van der Waals surface area contributed by atoms with Gasteiger partial charge in [0, 0.05) is 30.2 Å². The average Bonchev–Trinajstić information content (AvgIpc) is 2.56. The third-order valence-electron chi connectivity index (χ3n) is 3.56. The standard InChI is InChI=1S/C18H21ClN2O2/c1-13-16(19)4-3-5-17(13)21-18(22)10-11-20-12-14-6-8-15(23-2)9-7-14/h3-9,20H,10-12H2,1-2H3,(H,21,22). The van der Waals surface area contributed by atoms with Gasteiger partial charge in [-0.15, -0.1) is 0 Å². The highest BCUT2D eigenvalue weighted by molar-refractivity contribution is 6.31. The summed E-state index contributed by atoms with van der Waals surface area (Å²) in [6, 6.07) is 13.3. The van der Waals surface area contributed by atoms with Gasteiger partial charge in [0.05, 0.1) is 7.11 Å². The Morgan fingerprint density at radius 1 is 1.17 bits per heavy atom. The Kier molecular flexibility index (Phi) is 6.44. The zero-order valence-corrected chi connectivity index (χ0v) is 14.1. The molecule has 0 spiro atoms. The van der Waals surface area contributed by atoms with Crippen LogP contribution >= 0.6 is 11.6 Å². The number of hydrogen-bond donors (Lipinski definition) is 2. The molecule has 0 aliphatic rings. The number of carbonyl (C=O) groups is 1. The van der Waals surface area contributed by atoms with Crippen LogP contribution in [0.25, 0.3) is 0 Å². The molecule has 2 aromatic carbocycles. The van der Waals surface area contributed by atoms with Crippen LogP contribution in [0.5, 0.6) is 5.75 Å². The van der Waals surface area contributed by atoms with Gasteiger partial charge in [-0.25, -0.2) is 0 Å². The molecule has 2 N–H and O–H groups in total. The molecule has 0 saturated heterocycles. The summed E-state index contributed by atoms with van der Waals surface area (Å²) in [7, 11) is 1.65. The molecule has 0 atom stereocenters. The number of ether oxygens (including phenoxy) is 1. The van der Waals surface area contributed by atoms with Crippen molar-refractivity contribution in [1.29, 1.82) is 0 Å². The van der Waals surface area contributed by atoms with Crippen LogP contribution in [0.1, 0.15) is 17.5 Å². The van der Waals surface area contributed by atoms with Crippen LogP contribution in [0, 0.1) is 6.92 Å². The van der Waals surface area contributed by atoms with Gasteiger partial charge in [-0.1, -0.05) is 29.8 Å². The summed E-state index contributed by atoms with van der Waals surface area (Å²) in [5.74, 6) is 0.808. The molecule has 0 bridgehead atoms. The lowest BCUT2D eigenvalue weighted by molar-refractivity contribution is -0.116. The van der Waals surface area contributed by atoms with E-state index < -0.39 is 0 Å². The first-order valence-corrected chi connectivity index (χ1v) is 7.86. The van der Waals surface area contributed by atoms with E-state index in [0.29, 0.717) is 24.5 Å². The monoisotopic (exact) mass is 332 g/mol. The third kappa shape index (κ3) is 5.27. The van der Waals surface area contributed by atoms with Crippen molar-refractivity contribution in [2.24, 2.45) is 0 Å². The fraction of sp³-hybridized carbons (Fsp3) is 0.278. The average molecular weight is 333 g/mol. The molecule has 23 heavy (non-hydrogen) atoms. The van der Waals surface area contributed by atoms with Crippen molar-refractivity contribution >= 4 is 23.2 Å². The van der Waals surface area contributed by atoms with Crippen LogP contribution in [0.4, 0.5) is 5.69 Å². The van der Waals surface area contributed by atoms with Crippen LogP contribution in [0.15, 0.2) is 42.5 Å². The van der Waals surface area contributed by atoms with Gasteiger partial charge in [-0.2, -0.15) is 0 Å². The van der Waals surface area contributed by atoms with Crippen molar-refractivity contribution in [1.82, 2.24) is 5.32 Å². The lowest BCUT2D eigenvalue weighted by atomic mass is 10.2. The molecule has 0 saturated carbocycles. The first-order valence-electron chi connectivity index (χ1n) is 7.49. The number of nitrogens with one attached hydrogen (secondary N) is 2. The smallest absolute Gasteiger partial charge is 0.225 e. The molecule has 4 nitrogen and oxygen atoms in total. The van der Waals surface area contributed by atoms with E-state index in [0.717, 1.165) is 22.6 Å². The summed E-state index contributed by atoms with van der Waals surface area (Å²) in [5, 5.41) is 6.79. The van der Waals surface area contributed by atoms with Gasteiger partial charge in [0.15, 0.2) is 0 Å². The van der Waals surface area contributed by atoms with Crippen molar-refractivity contribution < 1.29 is 9.53 Å². The molecule has 2 aromatic rings. The number of methoxy groups -OCH3 is 1. The molecule has 5 heteroatoms. The molecule has 0 aliphatic carbocycles. The summed E-state index contributed by atoms with van der Waals surface area (Å²) >= 11 is 6.04. The highest BCUT2D eigenvalue weighted by Gasteiger charge is 2.06. The van der Waals surface area contributed by atoms with Crippen molar-refractivity contribution in [3.05, 3.63) is 58.6 Å². The number of hydrogen-bond acceptors (Lipinski definition) is 3. The predicted molar refractivity (Wildman–Crippen MR) is 94.1 cm³/mol. The van der Waals surface area contributed by atoms with E-state index in [1.807, 2.05) is 49.4 Å². The maximum atomic E-state index is 12.0. The van der Waals surface area contributed by atoms with E-state index >= 15 is 0 Å². The van der Waals surface area contributed by atoms with Crippen LogP contribution in [0.2, 0.25) is 5.02 Å². The lowest BCUT2D eigenvalue weighted by Gasteiger charge is -2.10. The molecule has 1 amide bonds. The molecule has 2 rings (SSSR count). The number of rotatable bonds is 7. The lowest BCUT2D eigenvalue weighted by Crippen LogP contribution is -2.21.